The van der Waals surface area contributed by atoms with Crippen molar-refractivity contribution in [3.8, 4) is 0 Å². The minimum Gasteiger partial charge on any atom is -0.341 e. The first kappa shape index (κ1) is 16.7. The number of benzene rings is 1. The number of carbonyl (C=O) groups excluding carboxylic acids is 2. The maximum atomic E-state index is 12.6. The van der Waals surface area contributed by atoms with E-state index in [9.17, 15) is 9.59 Å². The summed E-state index contributed by atoms with van der Waals surface area (Å²) in [5.74, 6) is 0.956. The summed E-state index contributed by atoms with van der Waals surface area (Å²) in [6.45, 7) is 5.96. The second-order valence-electron chi connectivity index (χ2n) is 7.11. The molecule has 0 unspecified atom stereocenters. The SMILES string of the molecule is C[C@H]1C[C@H](C)CN(C(=O)CN2N=C(c3ccccc3)CCC2=O)C1. The summed E-state index contributed by atoms with van der Waals surface area (Å²) in [7, 11) is 0. The quantitative estimate of drug-likeness (QED) is 0.856. The van der Waals surface area contributed by atoms with Gasteiger partial charge in [-0.05, 0) is 23.8 Å². The number of nitrogens with zero attached hydrogens (tertiary/aromatic N) is 3. The summed E-state index contributed by atoms with van der Waals surface area (Å²) in [6, 6.07) is 9.85. The van der Waals surface area contributed by atoms with Gasteiger partial charge in [0, 0.05) is 25.9 Å². The van der Waals surface area contributed by atoms with Crippen molar-refractivity contribution in [2.75, 3.05) is 19.6 Å². The summed E-state index contributed by atoms with van der Waals surface area (Å²) < 4.78 is 0. The molecule has 2 aliphatic heterocycles. The molecule has 0 aliphatic carbocycles. The molecule has 3 rings (SSSR count). The van der Waals surface area contributed by atoms with Crippen molar-refractivity contribution in [2.24, 2.45) is 16.9 Å². The number of likely N-dealkylation sites (tertiary alicyclic amines) is 1. The average Bonchev–Trinajstić information content (AvgIpc) is 2.56. The highest BCUT2D eigenvalue weighted by Crippen LogP contribution is 2.22. The zero-order valence-corrected chi connectivity index (χ0v) is 14.4. The topological polar surface area (TPSA) is 53.0 Å². The van der Waals surface area contributed by atoms with Crippen LogP contribution < -0.4 is 0 Å². The van der Waals surface area contributed by atoms with Crippen LogP contribution in [-0.2, 0) is 9.59 Å². The number of rotatable bonds is 3. The highest BCUT2D eigenvalue weighted by Gasteiger charge is 2.29. The summed E-state index contributed by atoms with van der Waals surface area (Å²) in [5, 5.41) is 5.82. The van der Waals surface area contributed by atoms with E-state index >= 15 is 0 Å². The molecular formula is C19H25N3O2. The lowest BCUT2D eigenvalue weighted by atomic mass is 9.92. The van der Waals surface area contributed by atoms with Crippen molar-refractivity contribution in [2.45, 2.75) is 33.1 Å². The number of piperidine rings is 1. The minimum absolute atomic E-state index is 0.000174. The number of hydrogen-bond donors (Lipinski definition) is 0. The van der Waals surface area contributed by atoms with Gasteiger partial charge in [-0.15, -0.1) is 0 Å². The second-order valence-corrected chi connectivity index (χ2v) is 7.11. The predicted molar refractivity (Wildman–Crippen MR) is 93.5 cm³/mol. The molecule has 5 heteroatoms. The van der Waals surface area contributed by atoms with Crippen LogP contribution in [0.2, 0.25) is 0 Å². The van der Waals surface area contributed by atoms with Crippen LogP contribution in [0, 0.1) is 11.8 Å². The van der Waals surface area contributed by atoms with Crippen molar-refractivity contribution in [1.29, 1.82) is 0 Å². The van der Waals surface area contributed by atoms with Gasteiger partial charge in [0.15, 0.2) is 0 Å². The molecule has 2 aliphatic rings. The summed E-state index contributed by atoms with van der Waals surface area (Å²) in [6.07, 6.45) is 2.20. The van der Waals surface area contributed by atoms with Gasteiger partial charge in [0.2, 0.25) is 11.8 Å². The standard InChI is InChI=1S/C19H25N3O2/c1-14-10-15(2)12-21(11-14)19(24)13-22-18(23)9-8-17(20-22)16-6-4-3-5-7-16/h3-7,14-15H,8-13H2,1-2H3/t14-,15-/m0/s1. The molecule has 0 N–H and O–H groups in total. The van der Waals surface area contributed by atoms with Crippen LogP contribution >= 0.6 is 0 Å². The van der Waals surface area contributed by atoms with E-state index in [1.165, 1.54) is 5.01 Å². The van der Waals surface area contributed by atoms with E-state index in [1.807, 2.05) is 35.2 Å². The average molecular weight is 327 g/mol. The lowest BCUT2D eigenvalue weighted by Gasteiger charge is -2.36. The van der Waals surface area contributed by atoms with Gasteiger partial charge < -0.3 is 4.90 Å². The van der Waals surface area contributed by atoms with Gasteiger partial charge >= 0.3 is 0 Å². The molecule has 0 aromatic heterocycles. The molecule has 1 aromatic carbocycles. The fourth-order valence-electron chi connectivity index (χ4n) is 3.66. The molecule has 2 heterocycles. The Morgan fingerprint density at radius 3 is 2.46 bits per heavy atom. The minimum atomic E-state index is -0.0684. The molecule has 5 nitrogen and oxygen atoms in total. The first-order chi connectivity index (χ1) is 11.5. The van der Waals surface area contributed by atoms with E-state index in [-0.39, 0.29) is 18.4 Å². The number of carbonyl (C=O) groups is 2. The number of hydrazone groups is 1. The monoisotopic (exact) mass is 327 g/mol. The van der Waals surface area contributed by atoms with E-state index in [2.05, 4.69) is 18.9 Å². The molecular weight excluding hydrogens is 302 g/mol. The molecule has 1 aromatic rings. The third-order valence-corrected chi connectivity index (χ3v) is 4.72. The van der Waals surface area contributed by atoms with Crippen LogP contribution in [0.4, 0.5) is 0 Å². The van der Waals surface area contributed by atoms with E-state index in [0.717, 1.165) is 30.8 Å². The lowest BCUT2D eigenvalue weighted by molar-refractivity contribution is -0.142. The van der Waals surface area contributed by atoms with E-state index < -0.39 is 0 Å². The summed E-state index contributed by atoms with van der Waals surface area (Å²) in [5.41, 5.74) is 1.89. The van der Waals surface area contributed by atoms with Crippen LogP contribution in [0.5, 0.6) is 0 Å². The van der Waals surface area contributed by atoms with Crippen LogP contribution in [0.15, 0.2) is 35.4 Å². The van der Waals surface area contributed by atoms with Crippen molar-refractivity contribution in [3.05, 3.63) is 35.9 Å². The molecule has 0 saturated carbocycles. The zero-order valence-electron chi connectivity index (χ0n) is 14.4. The maximum absolute atomic E-state index is 12.6. The maximum Gasteiger partial charge on any atom is 0.244 e. The largest absolute Gasteiger partial charge is 0.341 e. The Kier molecular flexibility index (Phi) is 4.97. The highest BCUT2D eigenvalue weighted by atomic mass is 16.2. The summed E-state index contributed by atoms with van der Waals surface area (Å²) >= 11 is 0. The Morgan fingerprint density at radius 2 is 1.79 bits per heavy atom. The van der Waals surface area contributed by atoms with Gasteiger partial charge in [0.05, 0.1) is 5.71 Å². The smallest absolute Gasteiger partial charge is 0.244 e. The van der Waals surface area contributed by atoms with Gasteiger partial charge in [-0.1, -0.05) is 44.2 Å². The molecule has 0 spiro atoms. The summed E-state index contributed by atoms with van der Waals surface area (Å²) in [4.78, 5) is 26.7. The van der Waals surface area contributed by atoms with Gasteiger partial charge in [-0.25, -0.2) is 5.01 Å². The van der Waals surface area contributed by atoms with E-state index in [0.29, 0.717) is 24.7 Å². The predicted octanol–water partition coefficient (Wildman–Crippen LogP) is 2.52. The first-order valence-corrected chi connectivity index (χ1v) is 8.74. The van der Waals surface area contributed by atoms with Crippen LogP contribution in [0.1, 0.15) is 38.7 Å². The first-order valence-electron chi connectivity index (χ1n) is 8.74. The van der Waals surface area contributed by atoms with Crippen molar-refractivity contribution >= 4 is 17.5 Å². The lowest BCUT2D eigenvalue weighted by Crippen LogP contribution is -2.47. The Hall–Kier alpha value is -2.17. The van der Waals surface area contributed by atoms with Gasteiger partial charge in [-0.3, -0.25) is 9.59 Å². The molecule has 0 bridgehead atoms. The third-order valence-electron chi connectivity index (χ3n) is 4.72. The van der Waals surface area contributed by atoms with Crippen molar-refractivity contribution in [1.82, 2.24) is 9.91 Å². The molecule has 2 atom stereocenters. The molecule has 1 fully saturated rings. The normalized spacial score (nSPS) is 24.8. The fourth-order valence-corrected chi connectivity index (χ4v) is 3.66. The van der Waals surface area contributed by atoms with Gasteiger partial charge in [-0.2, -0.15) is 5.10 Å². The molecule has 128 valence electrons. The Balaban J connectivity index is 1.70. The number of amides is 2. The molecule has 2 amide bonds. The van der Waals surface area contributed by atoms with Crippen LogP contribution in [0.25, 0.3) is 0 Å². The fraction of sp³-hybridized carbons (Fsp3) is 0.526. The number of hydrogen-bond acceptors (Lipinski definition) is 3. The van der Waals surface area contributed by atoms with Gasteiger partial charge in [0.25, 0.3) is 0 Å². The Morgan fingerprint density at radius 1 is 1.12 bits per heavy atom. The highest BCUT2D eigenvalue weighted by molar-refractivity contribution is 6.04. The van der Waals surface area contributed by atoms with Crippen molar-refractivity contribution in [3.63, 3.8) is 0 Å². The zero-order chi connectivity index (χ0) is 17.1. The Bertz CT molecular complexity index is 631. The molecule has 24 heavy (non-hydrogen) atoms. The van der Waals surface area contributed by atoms with Crippen LogP contribution in [-0.4, -0.2) is 47.1 Å². The van der Waals surface area contributed by atoms with Crippen LogP contribution in [0.3, 0.4) is 0 Å². The van der Waals surface area contributed by atoms with E-state index in [4.69, 9.17) is 0 Å². The molecule has 1 saturated heterocycles. The molecule has 0 radical (unpaired) electrons. The van der Waals surface area contributed by atoms with E-state index in [1.54, 1.807) is 0 Å². The third kappa shape index (κ3) is 3.83. The van der Waals surface area contributed by atoms with Crippen molar-refractivity contribution < 1.29 is 9.59 Å². The Labute approximate surface area is 143 Å². The van der Waals surface area contributed by atoms with Gasteiger partial charge in [0.1, 0.15) is 6.54 Å². The second kappa shape index (κ2) is 7.16.